The molecule has 0 radical (unpaired) electrons. The maximum atomic E-state index is 12.4. The molecule has 1 aromatic carbocycles. The third-order valence-electron chi connectivity index (χ3n) is 3.47. The van der Waals surface area contributed by atoms with Crippen molar-refractivity contribution in [3.8, 4) is 0 Å². The van der Waals surface area contributed by atoms with Crippen molar-refractivity contribution < 1.29 is 4.79 Å². The molecule has 8 heteroatoms. The van der Waals surface area contributed by atoms with Crippen LogP contribution in [0.15, 0.2) is 23.4 Å². The van der Waals surface area contributed by atoms with E-state index in [-0.39, 0.29) is 23.1 Å². The van der Waals surface area contributed by atoms with Crippen molar-refractivity contribution in [2.24, 2.45) is 0 Å². The molecule has 24 heavy (non-hydrogen) atoms. The van der Waals surface area contributed by atoms with Gasteiger partial charge in [-0.3, -0.25) is 9.89 Å². The number of carbonyl (C=O) groups is 1. The summed E-state index contributed by atoms with van der Waals surface area (Å²) in [4.78, 5) is 16.8. The Morgan fingerprint density at radius 3 is 2.54 bits per heavy atom. The van der Waals surface area contributed by atoms with E-state index in [1.807, 2.05) is 33.8 Å². The molecule has 0 spiro atoms. The summed E-state index contributed by atoms with van der Waals surface area (Å²) in [7, 11) is 0. The highest BCUT2D eigenvalue weighted by Gasteiger charge is 2.20. The summed E-state index contributed by atoms with van der Waals surface area (Å²) in [6.07, 6.45) is 0. The molecular formula is C16H20Cl2N4OS. The SMILES string of the molecule is CC(C)c1nc(S[C@H](C)C(=O)N[C@H](C)c2ccc(Cl)cc2Cl)n[nH]1. The van der Waals surface area contributed by atoms with Crippen LogP contribution in [0.25, 0.3) is 0 Å². The van der Waals surface area contributed by atoms with Crippen molar-refractivity contribution in [2.45, 2.75) is 50.1 Å². The number of thioether (sulfide) groups is 1. The lowest BCUT2D eigenvalue weighted by atomic mass is 10.1. The summed E-state index contributed by atoms with van der Waals surface area (Å²) < 4.78 is 0. The van der Waals surface area contributed by atoms with Crippen molar-refractivity contribution in [3.05, 3.63) is 39.6 Å². The molecule has 0 aliphatic carbocycles. The number of benzene rings is 1. The van der Waals surface area contributed by atoms with Crippen LogP contribution in [-0.4, -0.2) is 26.3 Å². The fraction of sp³-hybridized carbons (Fsp3) is 0.438. The molecule has 1 heterocycles. The Kier molecular flexibility index (Phi) is 6.54. The largest absolute Gasteiger partial charge is 0.349 e. The Morgan fingerprint density at radius 1 is 1.25 bits per heavy atom. The molecule has 0 fully saturated rings. The maximum absolute atomic E-state index is 12.4. The van der Waals surface area contributed by atoms with Gasteiger partial charge in [0.05, 0.1) is 11.3 Å². The highest BCUT2D eigenvalue weighted by atomic mass is 35.5. The predicted octanol–water partition coefficient (Wildman–Crippen LogP) is 4.59. The lowest BCUT2D eigenvalue weighted by molar-refractivity contribution is -0.120. The van der Waals surface area contributed by atoms with Crippen molar-refractivity contribution in [3.63, 3.8) is 0 Å². The van der Waals surface area contributed by atoms with Gasteiger partial charge in [-0.15, -0.1) is 5.10 Å². The van der Waals surface area contributed by atoms with Crippen LogP contribution in [0.2, 0.25) is 10.0 Å². The quantitative estimate of drug-likeness (QED) is 0.711. The van der Waals surface area contributed by atoms with Crippen molar-refractivity contribution >= 4 is 40.9 Å². The fourth-order valence-electron chi connectivity index (χ4n) is 2.04. The van der Waals surface area contributed by atoms with Crippen LogP contribution in [0.4, 0.5) is 0 Å². The minimum atomic E-state index is -0.325. The predicted molar refractivity (Wildman–Crippen MR) is 98.8 cm³/mol. The van der Waals surface area contributed by atoms with Crippen LogP contribution in [0.3, 0.4) is 0 Å². The van der Waals surface area contributed by atoms with E-state index in [1.54, 1.807) is 12.1 Å². The van der Waals surface area contributed by atoms with Crippen LogP contribution in [0, 0.1) is 0 Å². The first kappa shape index (κ1) is 19.1. The topological polar surface area (TPSA) is 70.7 Å². The number of aromatic amines is 1. The average Bonchev–Trinajstić information content (AvgIpc) is 2.95. The lowest BCUT2D eigenvalue weighted by Crippen LogP contribution is -2.33. The van der Waals surface area contributed by atoms with Crippen molar-refractivity contribution in [1.29, 1.82) is 0 Å². The van der Waals surface area contributed by atoms with E-state index in [0.717, 1.165) is 11.4 Å². The zero-order chi connectivity index (χ0) is 17.9. The number of rotatable bonds is 6. The number of nitrogens with zero attached hydrogens (tertiary/aromatic N) is 2. The molecule has 0 bridgehead atoms. The first-order valence-corrected chi connectivity index (χ1v) is 9.25. The number of halogens is 2. The second kappa shape index (κ2) is 8.23. The highest BCUT2D eigenvalue weighted by molar-refractivity contribution is 8.00. The van der Waals surface area contributed by atoms with Crippen molar-refractivity contribution in [1.82, 2.24) is 20.5 Å². The summed E-state index contributed by atoms with van der Waals surface area (Å²) in [6, 6.07) is 5.02. The van der Waals surface area contributed by atoms with Gasteiger partial charge < -0.3 is 5.32 Å². The molecule has 1 amide bonds. The van der Waals surface area contributed by atoms with Gasteiger partial charge in [-0.1, -0.05) is 54.9 Å². The normalized spacial score (nSPS) is 13.8. The summed E-state index contributed by atoms with van der Waals surface area (Å²) >= 11 is 13.4. The molecule has 0 saturated carbocycles. The highest BCUT2D eigenvalue weighted by Crippen LogP contribution is 2.27. The van der Waals surface area contributed by atoms with Gasteiger partial charge in [-0.2, -0.15) is 0 Å². The summed E-state index contributed by atoms with van der Waals surface area (Å²) in [5.74, 6) is 0.976. The van der Waals surface area contributed by atoms with Gasteiger partial charge in [-0.05, 0) is 31.5 Å². The number of H-pyrrole nitrogens is 1. The van der Waals surface area contributed by atoms with Crippen LogP contribution in [0.5, 0.6) is 0 Å². The van der Waals surface area contributed by atoms with Crippen LogP contribution < -0.4 is 5.32 Å². The molecule has 0 aliphatic rings. The zero-order valence-corrected chi connectivity index (χ0v) is 16.3. The number of aromatic nitrogens is 3. The minimum absolute atomic E-state index is 0.102. The van der Waals surface area contributed by atoms with E-state index >= 15 is 0 Å². The third-order valence-corrected chi connectivity index (χ3v) is 4.99. The minimum Gasteiger partial charge on any atom is -0.349 e. The molecule has 0 saturated heterocycles. The van der Waals surface area contributed by atoms with Gasteiger partial charge in [0.1, 0.15) is 5.82 Å². The fourth-order valence-corrected chi connectivity index (χ4v) is 3.35. The number of hydrogen-bond acceptors (Lipinski definition) is 4. The van der Waals surface area contributed by atoms with Gasteiger partial charge in [-0.25, -0.2) is 4.98 Å². The van der Waals surface area contributed by atoms with Gasteiger partial charge >= 0.3 is 0 Å². The Labute approximate surface area is 155 Å². The standard InChI is InChI=1S/C16H20Cl2N4OS/c1-8(2)14-20-16(22-21-14)24-10(4)15(23)19-9(3)12-6-5-11(17)7-13(12)18/h5-10H,1-4H3,(H,19,23)(H,20,21,22)/t9-,10-/m1/s1. The third kappa shape index (κ3) is 4.88. The molecule has 2 atom stereocenters. The van der Waals surface area contributed by atoms with Gasteiger partial charge in [0.15, 0.2) is 0 Å². The first-order valence-electron chi connectivity index (χ1n) is 7.62. The van der Waals surface area contributed by atoms with Crippen LogP contribution >= 0.6 is 35.0 Å². The molecule has 2 N–H and O–H groups in total. The summed E-state index contributed by atoms with van der Waals surface area (Å²) in [6.45, 7) is 7.76. The number of hydrogen-bond donors (Lipinski definition) is 2. The first-order chi connectivity index (χ1) is 11.3. The molecule has 1 aromatic heterocycles. The molecule has 0 aliphatic heterocycles. The average molecular weight is 387 g/mol. The molecule has 0 unspecified atom stereocenters. The van der Waals surface area contributed by atoms with E-state index in [4.69, 9.17) is 23.2 Å². The molecular weight excluding hydrogens is 367 g/mol. The Bertz CT molecular complexity index is 720. The molecule has 2 aromatic rings. The lowest BCUT2D eigenvalue weighted by Gasteiger charge is -2.18. The van der Waals surface area contributed by atoms with Gasteiger partial charge in [0.25, 0.3) is 0 Å². The summed E-state index contributed by atoms with van der Waals surface area (Å²) in [5.41, 5.74) is 0.826. The second-order valence-electron chi connectivity index (χ2n) is 5.81. The van der Waals surface area contributed by atoms with Crippen molar-refractivity contribution in [2.75, 3.05) is 0 Å². The van der Waals surface area contributed by atoms with E-state index in [9.17, 15) is 4.79 Å². The van der Waals surface area contributed by atoms with Gasteiger partial charge in [0.2, 0.25) is 11.1 Å². The summed E-state index contributed by atoms with van der Waals surface area (Å²) in [5, 5.41) is 11.3. The maximum Gasteiger partial charge on any atom is 0.233 e. The van der Waals surface area contributed by atoms with Crippen LogP contribution in [0.1, 0.15) is 51.0 Å². The smallest absolute Gasteiger partial charge is 0.233 e. The van der Waals surface area contributed by atoms with E-state index in [2.05, 4.69) is 20.5 Å². The van der Waals surface area contributed by atoms with E-state index < -0.39 is 0 Å². The molecule has 2 rings (SSSR count). The Balaban J connectivity index is 1.97. The zero-order valence-electron chi connectivity index (χ0n) is 13.9. The van der Waals surface area contributed by atoms with Gasteiger partial charge in [0, 0.05) is 16.0 Å². The number of carbonyl (C=O) groups excluding carboxylic acids is 1. The number of nitrogens with one attached hydrogen (secondary N) is 2. The molecule has 130 valence electrons. The Morgan fingerprint density at radius 2 is 1.96 bits per heavy atom. The monoisotopic (exact) mass is 386 g/mol. The van der Waals surface area contributed by atoms with E-state index in [1.165, 1.54) is 11.8 Å². The van der Waals surface area contributed by atoms with E-state index in [0.29, 0.717) is 15.2 Å². The molecule has 5 nitrogen and oxygen atoms in total. The Hall–Kier alpha value is -1.24. The number of amides is 1. The van der Waals surface area contributed by atoms with Crippen LogP contribution in [-0.2, 0) is 4.79 Å². The second-order valence-corrected chi connectivity index (χ2v) is 7.97.